The quantitative estimate of drug-likeness (QED) is 0.0289. The number of ether oxygens (including phenoxy) is 4. The third-order valence-electron chi connectivity index (χ3n) is 6.94. The van der Waals surface area contributed by atoms with E-state index in [-0.39, 0.29) is 32.2 Å². The van der Waals surface area contributed by atoms with Gasteiger partial charge in [0.05, 0.1) is 34.4 Å². The van der Waals surface area contributed by atoms with Gasteiger partial charge in [-0.2, -0.15) is 0 Å². The number of quaternary nitrogens is 1. The van der Waals surface area contributed by atoms with Crippen LogP contribution in [-0.2, 0) is 33.3 Å². The number of carboxylic acid groups (broad SMARTS) is 1. The molecule has 0 fully saturated rings. The third-order valence-corrected chi connectivity index (χ3v) is 6.94. The summed E-state index contributed by atoms with van der Waals surface area (Å²) in [6.45, 7) is 4.68. The van der Waals surface area contributed by atoms with Gasteiger partial charge >= 0.3 is 17.9 Å². The molecule has 0 saturated heterocycles. The molecule has 256 valence electrons. The Kier molecular flexibility index (Phi) is 26.8. The fourth-order valence-electron chi connectivity index (χ4n) is 4.22. The number of hydrogen-bond acceptors (Lipinski definition) is 7. The summed E-state index contributed by atoms with van der Waals surface area (Å²) in [7, 11) is 5.92. The molecule has 0 aliphatic carbocycles. The van der Waals surface area contributed by atoms with Crippen molar-refractivity contribution in [3.05, 3.63) is 24.3 Å². The maximum Gasteiger partial charge on any atom is 0.361 e. The van der Waals surface area contributed by atoms with Crippen LogP contribution in [0.2, 0.25) is 0 Å². The van der Waals surface area contributed by atoms with Crippen LogP contribution >= 0.6 is 0 Å². The van der Waals surface area contributed by atoms with Crippen LogP contribution in [-0.4, -0.2) is 87.4 Å². The summed E-state index contributed by atoms with van der Waals surface area (Å²) in [6.07, 6.45) is 22.6. The summed E-state index contributed by atoms with van der Waals surface area (Å²) in [6, 6.07) is 0. The van der Waals surface area contributed by atoms with E-state index in [0.29, 0.717) is 23.9 Å². The van der Waals surface area contributed by atoms with E-state index in [0.717, 1.165) is 70.6 Å². The van der Waals surface area contributed by atoms with Crippen molar-refractivity contribution < 1.29 is 42.9 Å². The number of aliphatic carboxylic acids is 1. The standard InChI is InChI=1S/C35H63NO8/c1-6-8-10-12-14-15-16-17-18-19-20-22-24-26-33(38)44-31(29-42-32(37)25-23-21-13-11-9-7-2)30-43-35(34(39)40)41-28-27-36(3,4)5/h10,12,15-16,31,35H,6-9,11,13-14,17-30H2,1-5H3/p+1/b12-10-,16-15-. The zero-order valence-corrected chi connectivity index (χ0v) is 28.6. The molecule has 2 unspecified atom stereocenters. The Labute approximate surface area is 267 Å². The van der Waals surface area contributed by atoms with Gasteiger partial charge in [-0.15, -0.1) is 0 Å². The van der Waals surface area contributed by atoms with Crippen molar-refractivity contribution in [3.8, 4) is 0 Å². The first-order valence-electron chi connectivity index (χ1n) is 17.0. The summed E-state index contributed by atoms with van der Waals surface area (Å²) in [5.41, 5.74) is 0. The highest BCUT2D eigenvalue weighted by Gasteiger charge is 2.25. The summed E-state index contributed by atoms with van der Waals surface area (Å²) in [5.74, 6) is -2.04. The van der Waals surface area contributed by atoms with Gasteiger partial charge in [0.15, 0.2) is 6.10 Å². The van der Waals surface area contributed by atoms with Crippen LogP contribution in [0.5, 0.6) is 0 Å². The van der Waals surface area contributed by atoms with Gasteiger partial charge in [0.25, 0.3) is 6.29 Å². The summed E-state index contributed by atoms with van der Waals surface area (Å²) >= 11 is 0. The molecule has 9 heteroatoms. The molecule has 2 atom stereocenters. The van der Waals surface area contributed by atoms with Crippen LogP contribution in [0.4, 0.5) is 0 Å². The molecule has 0 spiro atoms. The normalized spacial score (nSPS) is 13.4. The first-order chi connectivity index (χ1) is 21.1. The van der Waals surface area contributed by atoms with E-state index in [1.165, 1.54) is 19.3 Å². The number of unbranched alkanes of at least 4 members (excludes halogenated alkanes) is 11. The van der Waals surface area contributed by atoms with Crippen molar-refractivity contribution in [2.45, 2.75) is 135 Å². The smallest absolute Gasteiger partial charge is 0.361 e. The molecule has 0 heterocycles. The van der Waals surface area contributed by atoms with Crippen LogP contribution in [0, 0.1) is 0 Å². The molecule has 0 aliphatic rings. The van der Waals surface area contributed by atoms with Crippen molar-refractivity contribution in [2.75, 3.05) is 47.5 Å². The fraction of sp³-hybridized carbons (Fsp3) is 0.800. The van der Waals surface area contributed by atoms with Crippen molar-refractivity contribution in [3.63, 3.8) is 0 Å². The highest BCUT2D eigenvalue weighted by Crippen LogP contribution is 2.11. The van der Waals surface area contributed by atoms with Crippen molar-refractivity contribution >= 4 is 17.9 Å². The van der Waals surface area contributed by atoms with E-state index in [9.17, 15) is 19.5 Å². The molecular formula is C35H64NO8+. The lowest BCUT2D eigenvalue weighted by molar-refractivity contribution is -0.870. The van der Waals surface area contributed by atoms with Crippen LogP contribution in [0.15, 0.2) is 24.3 Å². The number of carbonyl (C=O) groups is 3. The van der Waals surface area contributed by atoms with Gasteiger partial charge in [-0.1, -0.05) is 95.9 Å². The van der Waals surface area contributed by atoms with E-state index >= 15 is 0 Å². The Morgan fingerprint density at radius 1 is 0.682 bits per heavy atom. The van der Waals surface area contributed by atoms with Gasteiger partial charge in [0, 0.05) is 12.8 Å². The van der Waals surface area contributed by atoms with Crippen LogP contribution in [0.3, 0.4) is 0 Å². The lowest BCUT2D eigenvalue weighted by Gasteiger charge is -2.25. The van der Waals surface area contributed by atoms with Crippen molar-refractivity contribution in [1.82, 2.24) is 0 Å². The van der Waals surface area contributed by atoms with E-state index in [1.54, 1.807) is 0 Å². The molecule has 0 aromatic heterocycles. The van der Waals surface area contributed by atoms with Gasteiger partial charge < -0.3 is 28.5 Å². The van der Waals surface area contributed by atoms with Gasteiger partial charge in [0.2, 0.25) is 0 Å². The molecule has 0 aliphatic heterocycles. The van der Waals surface area contributed by atoms with Gasteiger partial charge in [-0.3, -0.25) is 9.59 Å². The molecule has 0 radical (unpaired) electrons. The molecule has 0 bridgehead atoms. The largest absolute Gasteiger partial charge is 0.477 e. The Hall–Kier alpha value is -2.23. The Balaban J connectivity index is 4.59. The van der Waals surface area contributed by atoms with Crippen molar-refractivity contribution in [1.29, 1.82) is 0 Å². The zero-order chi connectivity index (χ0) is 32.9. The molecule has 0 aromatic carbocycles. The summed E-state index contributed by atoms with van der Waals surface area (Å²) < 4.78 is 22.4. The predicted molar refractivity (Wildman–Crippen MR) is 175 cm³/mol. The van der Waals surface area contributed by atoms with Gasteiger partial charge in [-0.25, -0.2) is 4.79 Å². The maximum absolute atomic E-state index is 12.6. The minimum Gasteiger partial charge on any atom is -0.477 e. The molecule has 0 aromatic rings. The number of nitrogens with zero attached hydrogens (tertiary/aromatic N) is 1. The van der Waals surface area contributed by atoms with Crippen LogP contribution < -0.4 is 0 Å². The highest BCUT2D eigenvalue weighted by molar-refractivity contribution is 5.71. The number of hydrogen-bond donors (Lipinski definition) is 1. The van der Waals surface area contributed by atoms with Crippen LogP contribution in [0.1, 0.15) is 123 Å². The first kappa shape index (κ1) is 41.8. The number of esters is 2. The Morgan fingerprint density at radius 3 is 1.89 bits per heavy atom. The SMILES string of the molecule is CCC/C=C\C/C=C\CCCCCCCC(=O)OC(COC(=O)CCCCCCCC)COC(OCC[N+](C)(C)C)C(=O)O. The van der Waals surface area contributed by atoms with Gasteiger partial charge in [-0.05, 0) is 38.5 Å². The minimum absolute atomic E-state index is 0.185. The number of allylic oxidation sites excluding steroid dienone is 4. The van der Waals surface area contributed by atoms with Crippen molar-refractivity contribution in [2.24, 2.45) is 0 Å². The predicted octanol–water partition coefficient (Wildman–Crippen LogP) is 7.38. The maximum atomic E-state index is 12.6. The Bertz CT molecular complexity index is 790. The lowest BCUT2D eigenvalue weighted by Crippen LogP contribution is -2.40. The number of carbonyl (C=O) groups excluding carboxylic acids is 2. The Morgan fingerprint density at radius 2 is 1.27 bits per heavy atom. The average molecular weight is 627 g/mol. The second-order valence-corrected chi connectivity index (χ2v) is 12.5. The number of rotatable bonds is 30. The fourth-order valence-corrected chi connectivity index (χ4v) is 4.22. The average Bonchev–Trinajstić information content (AvgIpc) is 2.96. The van der Waals surface area contributed by atoms with Crippen LogP contribution in [0.25, 0.3) is 0 Å². The third kappa shape index (κ3) is 28.5. The highest BCUT2D eigenvalue weighted by atomic mass is 16.7. The lowest BCUT2D eigenvalue weighted by atomic mass is 10.1. The van der Waals surface area contributed by atoms with E-state index in [4.69, 9.17) is 18.9 Å². The molecule has 1 N–H and O–H groups in total. The molecule has 44 heavy (non-hydrogen) atoms. The molecule has 0 rings (SSSR count). The second-order valence-electron chi connectivity index (χ2n) is 12.5. The van der Waals surface area contributed by atoms with Gasteiger partial charge in [0.1, 0.15) is 13.2 Å². The summed E-state index contributed by atoms with van der Waals surface area (Å²) in [5, 5.41) is 9.52. The zero-order valence-electron chi connectivity index (χ0n) is 28.6. The molecular weight excluding hydrogens is 562 g/mol. The second kappa shape index (κ2) is 28.3. The number of likely N-dealkylation sites (N-methyl/N-ethyl adjacent to an activating group) is 1. The van der Waals surface area contributed by atoms with E-state index < -0.39 is 24.3 Å². The minimum atomic E-state index is -1.51. The van der Waals surface area contributed by atoms with E-state index in [2.05, 4.69) is 38.2 Å². The van der Waals surface area contributed by atoms with E-state index in [1.807, 2.05) is 21.1 Å². The summed E-state index contributed by atoms with van der Waals surface area (Å²) in [4.78, 5) is 36.5. The topological polar surface area (TPSA) is 108 Å². The molecule has 0 saturated carbocycles. The number of carboxylic acids is 1. The molecule has 9 nitrogen and oxygen atoms in total. The monoisotopic (exact) mass is 626 g/mol. The first-order valence-corrected chi connectivity index (χ1v) is 17.0. The molecule has 0 amide bonds.